The molecule has 4 heteroatoms. The van der Waals surface area contributed by atoms with Crippen molar-refractivity contribution in [3.8, 4) is 0 Å². The van der Waals surface area contributed by atoms with Crippen molar-refractivity contribution in [3.05, 3.63) is 57.5 Å². The molecule has 0 radical (unpaired) electrons. The molecule has 4 nitrogen and oxygen atoms in total. The number of rotatable bonds is 2. The summed E-state index contributed by atoms with van der Waals surface area (Å²) in [4.78, 5) is 18.1. The van der Waals surface area contributed by atoms with Crippen molar-refractivity contribution in [2.75, 3.05) is 5.73 Å². The van der Waals surface area contributed by atoms with Gasteiger partial charge in [0, 0.05) is 12.0 Å². The number of hydrogen-bond donors (Lipinski definition) is 2. The van der Waals surface area contributed by atoms with Crippen LogP contribution in [-0.2, 0) is 6.42 Å². The van der Waals surface area contributed by atoms with Crippen LogP contribution in [0.5, 0.6) is 0 Å². The maximum absolute atomic E-state index is 11.5. The second-order valence-electron chi connectivity index (χ2n) is 3.69. The monoisotopic (exact) mass is 215 g/mol. The normalized spacial score (nSPS) is 10.3. The van der Waals surface area contributed by atoms with Gasteiger partial charge in [-0.1, -0.05) is 30.3 Å². The quantitative estimate of drug-likeness (QED) is 0.792. The number of nitrogens with two attached hydrogens (primary N) is 1. The van der Waals surface area contributed by atoms with Crippen LogP contribution in [0, 0.1) is 6.92 Å². The Morgan fingerprint density at radius 1 is 1.31 bits per heavy atom. The third-order valence-corrected chi connectivity index (χ3v) is 2.48. The average Bonchev–Trinajstić information content (AvgIpc) is 2.27. The zero-order valence-corrected chi connectivity index (χ0v) is 9.03. The number of nitrogens with zero attached hydrogens (tertiary/aromatic N) is 1. The number of anilines is 1. The first-order chi connectivity index (χ1) is 7.66. The van der Waals surface area contributed by atoms with Crippen LogP contribution in [0.25, 0.3) is 0 Å². The Morgan fingerprint density at radius 2 is 2.00 bits per heavy atom. The summed E-state index contributed by atoms with van der Waals surface area (Å²) in [5, 5.41) is 0. The number of hydrogen-bond acceptors (Lipinski definition) is 3. The van der Waals surface area contributed by atoms with Gasteiger partial charge in [-0.25, -0.2) is 4.98 Å². The van der Waals surface area contributed by atoms with Gasteiger partial charge in [0.05, 0.1) is 5.69 Å². The van der Waals surface area contributed by atoms with Gasteiger partial charge >= 0.3 is 0 Å². The summed E-state index contributed by atoms with van der Waals surface area (Å²) in [7, 11) is 0. The Bertz CT molecular complexity index is 546. The van der Waals surface area contributed by atoms with Crippen LogP contribution < -0.4 is 11.3 Å². The van der Waals surface area contributed by atoms with Crippen molar-refractivity contribution < 1.29 is 0 Å². The summed E-state index contributed by atoms with van der Waals surface area (Å²) < 4.78 is 0. The van der Waals surface area contributed by atoms with Crippen molar-refractivity contribution in [1.82, 2.24) is 9.97 Å². The topological polar surface area (TPSA) is 71.8 Å². The smallest absolute Gasteiger partial charge is 0.255 e. The first-order valence-electron chi connectivity index (χ1n) is 5.06. The molecule has 1 heterocycles. The minimum atomic E-state index is -0.168. The Balaban J connectivity index is 2.39. The lowest BCUT2D eigenvalue weighted by atomic mass is 10.1. The number of aromatic nitrogens is 2. The SMILES string of the molecule is Cc1c(Cc2ccccc2)nc(N)[nH]c1=O. The van der Waals surface area contributed by atoms with E-state index in [0.29, 0.717) is 12.0 Å². The van der Waals surface area contributed by atoms with Crippen molar-refractivity contribution in [2.45, 2.75) is 13.3 Å². The molecular weight excluding hydrogens is 202 g/mol. The highest BCUT2D eigenvalue weighted by atomic mass is 16.1. The number of nitrogen functional groups attached to an aromatic ring is 1. The van der Waals surface area contributed by atoms with Gasteiger partial charge in [-0.05, 0) is 12.5 Å². The molecule has 0 aliphatic rings. The number of nitrogens with one attached hydrogen (secondary N) is 1. The summed E-state index contributed by atoms with van der Waals surface area (Å²) in [6, 6.07) is 9.87. The lowest BCUT2D eigenvalue weighted by Crippen LogP contribution is -2.17. The van der Waals surface area contributed by atoms with Crippen LogP contribution in [0.15, 0.2) is 35.1 Å². The molecule has 2 rings (SSSR count). The van der Waals surface area contributed by atoms with E-state index in [-0.39, 0.29) is 11.5 Å². The first-order valence-corrected chi connectivity index (χ1v) is 5.06. The first kappa shape index (κ1) is 10.4. The standard InChI is InChI=1S/C12H13N3O/c1-8-10(14-12(13)15-11(8)16)7-9-5-3-2-4-6-9/h2-6H,7H2,1H3,(H3,13,14,15,16). The molecule has 2 aromatic rings. The molecule has 0 amide bonds. The van der Waals surface area contributed by atoms with Crippen molar-refractivity contribution in [3.63, 3.8) is 0 Å². The maximum Gasteiger partial charge on any atom is 0.255 e. The minimum Gasteiger partial charge on any atom is -0.369 e. The summed E-state index contributed by atoms with van der Waals surface area (Å²) in [6.45, 7) is 1.75. The largest absolute Gasteiger partial charge is 0.369 e. The molecule has 0 saturated heterocycles. The van der Waals surface area contributed by atoms with E-state index < -0.39 is 0 Å². The van der Waals surface area contributed by atoms with Gasteiger partial charge in [0.2, 0.25) is 5.95 Å². The molecular formula is C12H13N3O. The van der Waals surface area contributed by atoms with Gasteiger partial charge in [0.1, 0.15) is 0 Å². The summed E-state index contributed by atoms with van der Waals surface area (Å²) in [5.74, 6) is 0.168. The van der Waals surface area contributed by atoms with E-state index >= 15 is 0 Å². The zero-order valence-electron chi connectivity index (χ0n) is 9.03. The molecule has 0 atom stereocenters. The Labute approximate surface area is 93.2 Å². The minimum absolute atomic E-state index is 0.168. The number of aromatic amines is 1. The Hall–Kier alpha value is -2.10. The van der Waals surface area contributed by atoms with E-state index in [1.807, 2.05) is 30.3 Å². The van der Waals surface area contributed by atoms with Crippen LogP contribution in [0.3, 0.4) is 0 Å². The molecule has 0 unspecified atom stereocenters. The Morgan fingerprint density at radius 3 is 2.69 bits per heavy atom. The molecule has 0 spiro atoms. The fourth-order valence-corrected chi connectivity index (χ4v) is 1.56. The van der Waals surface area contributed by atoms with E-state index in [9.17, 15) is 4.79 Å². The van der Waals surface area contributed by atoms with Crippen LogP contribution >= 0.6 is 0 Å². The molecule has 82 valence electrons. The van der Waals surface area contributed by atoms with Crippen molar-refractivity contribution in [1.29, 1.82) is 0 Å². The zero-order chi connectivity index (χ0) is 11.5. The van der Waals surface area contributed by atoms with E-state index in [1.54, 1.807) is 6.92 Å². The van der Waals surface area contributed by atoms with E-state index in [1.165, 1.54) is 0 Å². The van der Waals surface area contributed by atoms with Crippen LogP contribution in [0.4, 0.5) is 5.95 Å². The summed E-state index contributed by atoms with van der Waals surface area (Å²) in [6.07, 6.45) is 0.626. The predicted octanol–water partition coefficient (Wildman–Crippen LogP) is 1.25. The second-order valence-corrected chi connectivity index (χ2v) is 3.69. The maximum atomic E-state index is 11.5. The fraction of sp³-hybridized carbons (Fsp3) is 0.167. The lowest BCUT2D eigenvalue weighted by Gasteiger charge is -2.05. The molecule has 16 heavy (non-hydrogen) atoms. The van der Waals surface area contributed by atoms with Gasteiger partial charge in [0.15, 0.2) is 0 Å². The van der Waals surface area contributed by atoms with E-state index in [2.05, 4.69) is 9.97 Å². The third-order valence-electron chi connectivity index (χ3n) is 2.48. The highest BCUT2D eigenvalue weighted by molar-refractivity contribution is 5.29. The van der Waals surface area contributed by atoms with Gasteiger partial charge < -0.3 is 5.73 Å². The molecule has 0 aliphatic heterocycles. The predicted molar refractivity (Wildman–Crippen MR) is 63.3 cm³/mol. The average molecular weight is 215 g/mol. The number of benzene rings is 1. The second kappa shape index (κ2) is 4.18. The molecule has 0 saturated carbocycles. The number of H-pyrrole nitrogens is 1. The molecule has 0 fully saturated rings. The van der Waals surface area contributed by atoms with Crippen LogP contribution in [0.2, 0.25) is 0 Å². The van der Waals surface area contributed by atoms with Crippen molar-refractivity contribution in [2.24, 2.45) is 0 Å². The molecule has 0 aliphatic carbocycles. The fourth-order valence-electron chi connectivity index (χ4n) is 1.56. The van der Waals surface area contributed by atoms with E-state index in [0.717, 1.165) is 11.3 Å². The molecule has 1 aromatic heterocycles. The highest BCUT2D eigenvalue weighted by Crippen LogP contribution is 2.09. The van der Waals surface area contributed by atoms with Crippen LogP contribution in [0.1, 0.15) is 16.8 Å². The van der Waals surface area contributed by atoms with Crippen molar-refractivity contribution >= 4 is 5.95 Å². The van der Waals surface area contributed by atoms with Crippen LogP contribution in [-0.4, -0.2) is 9.97 Å². The Kier molecular flexibility index (Phi) is 2.72. The summed E-state index contributed by atoms with van der Waals surface area (Å²) >= 11 is 0. The van der Waals surface area contributed by atoms with Gasteiger partial charge in [-0.2, -0.15) is 0 Å². The van der Waals surface area contributed by atoms with Gasteiger partial charge in [-0.15, -0.1) is 0 Å². The molecule has 3 N–H and O–H groups in total. The molecule has 1 aromatic carbocycles. The highest BCUT2D eigenvalue weighted by Gasteiger charge is 2.06. The van der Waals surface area contributed by atoms with E-state index in [4.69, 9.17) is 5.73 Å². The van der Waals surface area contributed by atoms with Gasteiger partial charge in [-0.3, -0.25) is 9.78 Å². The van der Waals surface area contributed by atoms with Gasteiger partial charge in [0.25, 0.3) is 5.56 Å². The third kappa shape index (κ3) is 2.11. The summed E-state index contributed by atoms with van der Waals surface area (Å²) in [5.41, 5.74) is 7.81. The lowest BCUT2D eigenvalue weighted by molar-refractivity contribution is 0.981. The molecule has 0 bridgehead atoms.